The minimum atomic E-state index is 0.0713. The second kappa shape index (κ2) is 7.57. The summed E-state index contributed by atoms with van der Waals surface area (Å²) < 4.78 is 0. The van der Waals surface area contributed by atoms with Crippen molar-refractivity contribution in [1.82, 2.24) is 15.2 Å². The molecule has 124 valence electrons. The maximum atomic E-state index is 12.4. The maximum absolute atomic E-state index is 12.4. The van der Waals surface area contributed by atoms with Crippen LogP contribution in [0, 0.1) is 11.8 Å². The average molecular weight is 315 g/mol. The third-order valence-electron chi connectivity index (χ3n) is 5.02. The van der Waals surface area contributed by atoms with Crippen LogP contribution in [0.1, 0.15) is 44.1 Å². The molecule has 1 atom stereocenters. The molecule has 0 spiro atoms. The number of hydrogen-bond donors (Lipinski definition) is 1. The van der Waals surface area contributed by atoms with E-state index in [4.69, 9.17) is 0 Å². The zero-order chi connectivity index (χ0) is 16.1. The van der Waals surface area contributed by atoms with Crippen LogP contribution < -0.4 is 5.32 Å². The van der Waals surface area contributed by atoms with Crippen molar-refractivity contribution in [3.8, 4) is 0 Å². The van der Waals surface area contributed by atoms with Crippen molar-refractivity contribution in [2.45, 2.75) is 45.1 Å². The number of nitrogens with one attached hydrogen (secondary N) is 1. The first-order valence-corrected chi connectivity index (χ1v) is 8.67. The molecular formula is C18H25N3O2. The zero-order valence-electron chi connectivity index (χ0n) is 13.5. The van der Waals surface area contributed by atoms with Gasteiger partial charge in [0, 0.05) is 44.4 Å². The summed E-state index contributed by atoms with van der Waals surface area (Å²) in [6.45, 7) is 2.11. The molecule has 1 N–H and O–H groups in total. The Bertz CT molecular complexity index is 540. The Balaban J connectivity index is 1.40. The number of nitrogens with zero attached hydrogens (tertiary/aromatic N) is 2. The van der Waals surface area contributed by atoms with Crippen LogP contribution in [0.3, 0.4) is 0 Å². The number of carbonyl (C=O) groups excluding carboxylic acids is 2. The van der Waals surface area contributed by atoms with Crippen molar-refractivity contribution in [2.75, 3.05) is 13.1 Å². The third-order valence-corrected chi connectivity index (χ3v) is 5.02. The molecule has 0 radical (unpaired) electrons. The first kappa shape index (κ1) is 16.0. The zero-order valence-corrected chi connectivity index (χ0v) is 13.5. The average Bonchev–Trinajstić information content (AvgIpc) is 3.25. The van der Waals surface area contributed by atoms with Crippen LogP contribution in [0.25, 0.3) is 0 Å². The van der Waals surface area contributed by atoms with Gasteiger partial charge >= 0.3 is 0 Å². The largest absolute Gasteiger partial charge is 0.352 e. The van der Waals surface area contributed by atoms with E-state index in [0.29, 0.717) is 24.8 Å². The quantitative estimate of drug-likeness (QED) is 0.905. The van der Waals surface area contributed by atoms with Gasteiger partial charge in [-0.25, -0.2) is 0 Å². The van der Waals surface area contributed by atoms with Crippen LogP contribution in [0.5, 0.6) is 0 Å². The highest BCUT2D eigenvalue weighted by Crippen LogP contribution is 2.29. The van der Waals surface area contributed by atoms with E-state index in [-0.39, 0.29) is 11.8 Å². The molecule has 1 aliphatic carbocycles. The van der Waals surface area contributed by atoms with E-state index in [0.717, 1.165) is 37.9 Å². The molecule has 23 heavy (non-hydrogen) atoms. The molecule has 0 bridgehead atoms. The Labute approximate surface area is 137 Å². The number of carbonyl (C=O) groups is 2. The second-order valence-electron chi connectivity index (χ2n) is 6.76. The lowest BCUT2D eigenvalue weighted by atomic mass is 10.0. The van der Waals surface area contributed by atoms with Gasteiger partial charge in [-0.05, 0) is 42.9 Å². The van der Waals surface area contributed by atoms with E-state index in [1.54, 1.807) is 12.4 Å². The first-order chi connectivity index (χ1) is 11.2. The van der Waals surface area contributed by atoms with Crippen molar-refractivity contribution in [1.29, 1.82) is 0 Å². The van der Waals surface area contributed by atoms with Gasteiger partial charge < -0.3 is 10.2 Å². The van der Waals surface area contributed by atoms with Crippen LogP contribution >= 0.6 is 0 Å². The highest BCUT2D eigenvalue weighted by molar-refractivity contribution is 5.80. The van der Waals surface area contributed by atoms with Gasteiger partial charge in [0.2, 0.25) is 11.8 Å². The fourth-order valence-electron chi connectivity index (χ4n) is 3.67. The summed E-state index contributed by atoms with van der Waals surface area (Å²) in [6.07, 6.45) is 9.38. The number of rotatable bonds is 5. The van der Waals surface area contributed by atoms with E-state index in [1.165, 1.54) is 12.8 Å². The van der Waals surface area contributed by atoms with Gasteiger partial charge in [0.05, 0.1) is 0 Å². The highest BCUT2D eigenvalue weighted by Gasteiger charge is 2.32. The van der Waals surface area contributed by atoms with E-state index in [2.05, 4.69) is 10.3 Å². The molecule has 0 aromatic carbocycles. The highest BCUT2D eigenvalue weighted by atomic mass is 16.2. The molecule has 2 aliphatic rings. The summed E-state index contributed by atoms with van der Waals surface area (Å²) >= 11 is 0. The standard InChI is InChI=1S/C18H25N3O2/c22-17(20-12-14-5-8-19-9-6-14)11-15-7-10-21(13-15)18(23)16-3-1-2-4-16/h5-6,8-9,15-16H,1-4,7,10-13H2,(H,20,22). The van der Waals surface area contributed by atoms with Crippen molar-refractivity contribution in [3.05, 3.63) is 30.1 Å². The van der Waals surface area contributed by atoms with Crippen LogP contribution in [0.4, 0.5) is 0 Å². The predicted molar refractivity (Wildman–Crippen MR) is 87.3 cm³/mol. The van der Waals surface area contributed by atoms with Crippen LogP contribution in [0.2, 0.25) is 0 Å². The van der Waals surface area contributed by atoms with Crippen LogP contribution in [-0.2, 0) is 16.1 Å². The second-order valence-corrected chi connectivity index (χ2v) is 6.76. The topological polar surface area (TPSA) is 62.3 Å². The molecular weight excluding hydrogens is 290 g/mol. The molecule has 5 heteroatoms. The summed E-state index contributed by atoms with van der Waals surface area (Å²) in [6, 6.07) is 3.80. The Morgan fingerprint density at radius 2 is 1.91 bits per heavy atom. The molecule has 3 rings (SSSR count). The number of hydrogen-bond acceptors (Lipinski definition) is 3. The van der Waals surface area contributed by atoms with Gasteiger partial charge in [-0.1, -0.05) is 12.8 Å². The van der Waals surface area contributed by atoms with Gasteiger partial charge in [-0.2, -0.15) is 0 Å². The smallest absolute Gasteiger partial charge is 0.225 e. The third kappa shape index (κ3) is 4.30. The number of aromatic nitrogens is 1. The Kier molecular flexibility index (Phi) is 5.26. The predicted octanol–water partition coefficient (Wildman–Crippen LogP) is 2.13. The fraction of sp³-hybridized carbons (Fsp3) is 0.611. The van der Waals surface area contributed by atoms with Crippen LogP contribution in [0.15, 0.2) is 24.5 Å². The molecule has 1 saturated carbocycles. The SMILES string of the molecule is O=C(CC1CCN(C(=O)C2CCCC2)C1)NCc1ccncc1. The number of amides is 2. The van der Waals surface area contributed by atoms with Crippen molar-refractivity contribution >= 4 is 11.8 Å². The van der Waals surface area contributed by atoms with E-state index in [9.17, 15) is 9.59 Å². The van der Waals surface area contributed by atoms with E-state index >= 15 is 0 Å². The summed E-state index contributed by atoms with van der Waals surface area (Å²) in [5, 5.41) is 2.95. The lowest BCUT2D eigenvalue weighted by Crippen LogP contribution is -2.34. The minimum Gasteiger partial charge on any atom is -0.352 e. The molecule has 2 amide bonds. The van der Waals surface area contributed by atoms with Gasteiger partial charge in [0.15, 0.2) is 0 Å². The summed E-state index contributed by atoms with van der Waals surface area (Å²) in [5.74, 6) is 0.941. The van der Waals surface area contributed by atoms with Crippen molar-refractivity contribution in [3.63, 3.8) is 0 Å². The van der Waals surface area contributed by atoms with Gasteiger partial charge in [0.25, 0.3) is 0 Å². The first-order valence-electron chi connectivity index (χ1n) is 8.67. The van der Waals surface area contributed by atoms with Crippen molar-refractivity contribution in [2.24, 2.45) is 11.8 Å². The Morgan fingerprint density at radius 1 is 1.17 bits per heavy atom. The summed E-state index contributed by atoms with van der Waals surface area (Å²) in [4.78, 5) is 30.4. The summed E-state index contributed by atoms with van der Waals surface area (Å²) in [5.41, 5.74) is 1.05. The molecule has 2 fully saturated rings. The molecule has 1 unspecified atom stereocenters. The van der Waals surface area contributed by atoms with Gasteiger partial charge in [0.1, 0.15) is 0 Å². The van der Waals surface area contributed by atoms with Gasteiger partial charge in [-0.15, -0.1) is 0 Å². The molecule has 1 saturated heterocycles. The van der Waals surface area contributed by atoms with Crippen LogP contribution in [-0.4, -0.2) is 34.8 Å². The summed E-state index contributed by atoms with van der Waals surface area (Å²) in [7, 11) is 0. The van der Waals surface area contributed by atoms with Crippen molar-refractivity contribution < 1.29 is 9.59 Å². The number of likely N-dealkylation sites (tertiary alicyclic amines) is 1. The molecule has 1 aliphatic heterocycles. The maximum Gasteiger partial charge on any atom is 0.225 e. The molecule has 5 nitrogen and oxygen atoms in total. The minimum absolute atomic E-state index is 0.0713. The monoisotopic (exact) mass is 315 g/mol. The molecule has 1 aromatic rings. The molecule has 1 aromatic heterocycles. The normalized spacial score (nSPS) is 21.6. The fourth-order valence-corrected chi connectivity index (χ4v) is 3.67. The van der Waals surface area contributed by atoms with E-state index < -0.39 is 0 Å². The van der Waals surface area contributed by atoms with Gasteiger partial charge in [-0.3, -0.25) is 14.6 Å². The Hall–Kier alpha value is -1.91. The van der Waals surface area contributed by atoms with E-state index in [1.807, 2.05) is 17.0 Å². The Morgan fingerprint density at radius 3 is 2.65 bits per heavy atom. The lowest BCUT2D eigenvalue weighted by molar-refractivity contribution is -0.134. The number of pyridine rings is 1. The molecule has 2 heterocycles. The lowest BCUT2D eigenvalue weighted by Gasteiger charge is -2.20.